The number of allylic oxidation sites excluding steroid dienone is 1. The summed E-state index contributed by atoms with van der Waals surface area (Å²) >= 11 is 0. The molecule has 150 valence electrons. The highest BCUT2D eigenvalue weighted by Gasteiger charge is 2.10. The second kappa shape index (κ2) is 9.00. The predicted molar refractivity (Wildman–Crippen MR) is 117 cm³/mol. The molecule has 0 aliphatic rings. The lowest BCUT2D eigenvalue weighted by Gasteiger charge is -2.05. The number of aromatic nitrogens is 3. The van der Waals surface area contributed by atoms with Crippen LogP contribution in [-0.4, -0.2) is 28.1 Å². The molecule has 0 atom stereocenters. The van der Waals surface area contributed by atoms with Gasteiger partial charge in [-0.2, -0.15) is 15.3 Å². The van der Waals surface area contributed by atoms with Gasteiger partial charge >= 0.3 is 0 Å². The first-order valence-corrected chi connectivity index (χ1v) is 9.67. The fraction of sp³-hybridized carbons (Fsp3) is 0.130. The van der Waals surface area contributed by atoms with Crippen LogP contribution in [0.15, 0.2) is 83.2 Å². The second-order valence-electron chi connectivity index (χ2n) is 6.79. The molecule has 0 fully saturated rings. The maximum absolute atomic E-state index is 12.3. The minimum Gasteiger partial charge on any atom is -0.364 e. The summed E-state index contributed by atoms with van der Waals surface area (Å²) in [6, 6.07) is 19.3. The highest BCUT2D eigenvalue weighted by atomic mass is 16.1. The van der Waals surface area contributed by atoms with E-state index in [2.05, 4.69) is 30.7 Å². The van der Waals surface area contributed by atoms with Crippen LogP contribution in [0.5, 0.6) is 0 Å². The Hall–Kier alpha value is -4.00. The van der Waals surface area contributed by atoms with E-state index in [1.807, 2.05) is 72.9 Å². The van der Waals surface area contributed by atoms with Gasteiger partial charge in [-0.15, -0.1) is 0 Å². The first-order valence-electron chi connectivity index (χ1n) is 9.67. The lowest BCUT2D eigenvalue weighted by Crippen LogP contribution is -2.22. The number of para-hydroxylation sites is 1. The fourth-order valence-corrected chi connectivity index (χ4v) is 3.21. The van der Waals surface area contributed by atoms with E-state index in [1.165, 1.54) is 0 Å². The normalized spacial score (nSPS) is 12.0. The maximum atomic E-state index is 12.3. The Morgan fingerprint density at radius 3 is 2.70 bits per heavy atom. The molecule has 0 saturated carbocycles. The second-order valence-corrected chi connectivity index (χ2v) is 6.79. The van der Waals surface area contributed by atoms with Gasteiger partial charge in [-0.05, 0) is 42.3 Å². The van der Waals surface area contributed by atoms with Crippen molar-refractivity contribution < 1.29 is 4.79 Å². The molecular weight excluding hydrogens is 376 g/mol. The average Bonchev–Trinajstić information content (AvgIpc) is 3.45. The fourth-order valence-electron chi connectivity index (χ4n) is 3.21. The van der Waals surface area contributed by atoms with Crippen LogP contribution < -0.4 is 5.32 Å². The van der Waals surface area contributed by atoms with Gasteiger partial charge in [0.15, 0.2) is 0 Å². The number of hydrogen-bond donors (Lipinski definition) is 3. The number of amides is 1. The van der Waals surface area contributed by atoms with E-state index in [0.717, 1.165) is 27.9 Å². The van der Waals surface area contributed by atoms with Gasteiger partial charge in [0.25, 0.3) is 5.91 Å². The van der Waals surface area contributed by atoms with E-state index in [1.54, 1.807) is 7.05 Å². The van der Waals surface area contributed by atoms with Gasteiger partial charge in [0.1, 0.15) is 11.4 Å². The summed E-state index contributed by atoms with van der Waals surface area (Å²) in [5.74, 6) is -0.102. The summed E-state index contributed by atoms with van der Waals surface area (Å²) in [4.78, 5) is 15.4. The zero-order valence-corrected chi connectivity index (χ0v) is 16.6. The van der Waals surface area contributed by atoms with E-state index >= 15 is 0 Å². The van der Waals surface area contributed by atoms with Gasteiger partial charge in [0.2, 0.25) is 0 Å². The SMILES string of the molecule is CN=N/C(=C\Cc1ccc(C(=O)NCc2ccc[nH]2)cc1)c1n[nH]c2ccccc12. The molecule has 0 saturated heterocycles. The van der Waals surface area contributed by atoms with Crippen molar-refractivity contribution in [2.45, 2.75) is 13.0 Å². The quantitative estimate of drug-likeness (QED) is 0.400. The number of carbonyl (C=O) groups excluding carboxylic acids is 1. The lowest BCUT2D eigenvalue weighted by molar-refractivity contribution is 0.0950. The Morgan fingerprint density at radius 1 is 1.10 bits per heavy atom. The van der Waals surface area contributed by atoms with E-state index in [4.69, 9.17) is 0 Å². The largest absolute Gasteiger partial charge is 0.364 e. The molecule has 4 rings (SSSR count). The number of H-pyrrole nitrogens is 2. The topological polar surface area (TPSA) is 98.3 Å². The van der Waals surface area contributed by atoms with E-state index < -0.39 is 0 Å². The van der Waals surface area contributed by atoms with E-state index in [9.17, 15) is 4.79 Å². The third kappa shape index (κ3) is 4.35. The number of nitrogens with zero attached hydrogens (tertiary/aromatic N) is 3. The summed E-state index contributed by atoms with van der Waals surface area (Å²) in [7, 11) is 1.64. The van der Waals surface area contributed by atoms with Crippen LogP contribution in [0.25, 0.3) is 16.6 Å². The number of benzene rings is 2. The van der Waals surface area contributed by atoms with Crippen LogP contribution in [0.1, 0.15) is 27.3 Å². The van der Waals surface area contributed by atoms with Crippen molar-refractivity contribution >= 4 is 22.5 Å². The summed E-state index contributed by atoms with van der Waals surface area (Å²) in [6.45, 7) is 0.472. The van der Waals surface area contributed by atoms with Crippen molar-refractivity contribution in [1.29, 1.82) is 0 Å². The molecule has 0 unspecified atom stereocenters. The monoisotopic (exact) mass is 398 g/mol. The van der Waals surface area contributed by atoms with E-state index in [-0.39, 0.29) is 5.91 Å². The van der Waals surface area contributed by atoms with Crippen molar-refractivity contribution in [2.75, 3.05) is 7.05 Å². The minimum atomic E-state index is -0.102. The number of carbonyl (C=O) groups is 1. The van der Waals surface area contributed by atoms with Crippen LogP contribution in [0, 0.1) is 0 Å². The van der Waals surface area contributed by atoms with E-state index in [0.29, 0.717) is 24.2 Å². The zero-order chi connectivity index (χ0) is 20.8. The minimum absolute atomic E-state index is 0.102. The zero-order valence-electron chi connectivity index (χ0n) is 16.6. The Bertz CT molecular complexity index is 1190. The first kappa shape index (κ1) is 19.3. The molecule has 2 aromatic carbocycles. The Morgan fingerprint density at radius 2 is 1.93 bits per heavy atom. The molecule has 30 heavy (non-hydrogen) atoms. The Labute approximate surface area is 173 Å². The molecule has 0 radical (unpaired) electrons. The van der Waals surface area contributed by atoms with Gasteiger partial charge in [0.05, 0.1) is 12.1 Å². The lowest BCUT2D eigenvalue weighted by atomic mass is 10.1. The van der Waals surface area contributed by atoms with Crippen LogP contribution in [0.2, 0.25) is 0 Å². The van der Waals surface area contributed by atoms with Gasteiger partial charge in [-0.3, -0.25) is 9.89 Å². The summed E-state index contributed by atoms with van der Waals surface area (Å²) < 4.78 is 0. The smallest absolute Gasteiger partial charge is 0.251 e. The molecule has 7 heteroatoms. The van der Waals surface area contributed by atoms with Gasteiger partial charge < -0.3 is 10.3 Å². The maximum Gasteiger partial charge on any atom is 0.251 e. The van der Waals surface area contributed by atoms with Crippen molar-refractivity contribution in [3.63, 3.8) is 0 Å². The molecule has 1 amide bonds. The highest BCUT2D eigenvalue weighted by molar-refractivity contribution is 5.94. The number of aromatic amines is 2. The molecule has 2 heterocycles. The summed E-state index contributed by atoms with van der Waals surface area (Å²) in [6.07, 6.45) is 4.48. The van der Waals surface area contributed by atoms with Crippen LogP contribution in [-0.2, 0) is 13.0 Å². The number of fused-ring (bicyclic) bond motifs is 1. The average molecular weight is 398 g/mol. The standard InChI is InChI=1S/C23H22N6O/c1-24-27-21(22-19-6-2-3-7-20(19)28-29-22)13-10-16-8-11-17(12-9-16)23(30)26-15-18-5-4-14-25-18/h2-9,11-14,25H,10,15H2,1H3,(H,26,30)(H,28,29)/b21-13-,27-24?. The molecule has 0 aliphatic carbocycles. The number of rotatable bonds is 7. The van der Waals surface area contributed by atoms with Gasteiger partial charge in [-0.1, -0.05) is 36.4 Å². The molecule has 3 N–H and O–H groups in total. The van der Waals surface area contributed by atoms with Crippen LogP contribution in [0.4, 0.5) is 0 Å². The Balaban J connectivity index is 1.46. The predicted octanol–water partition coefficient (Wildman–Crippen LogP) is 4.49. The third-order valence-electron chi connectivity index (χ3n) is 4.77. The van der Waals surface area contributed by atoms with Crippen LogP contribution >= 0.6 is 0 Å². The molecule has 2 aromatic heterocycles. The number of hydrogen-bond acceptors (Lipinski definition) is 4. The summed E-state index contributed by atoms with van der Waals surface area (Å²) in [5, 5.41) is 19.5. The number of nitrogens with one attached hydrogen (secondary N) is 3. The van der Waals surface area contributed by atoms with Gasteiger partial charge in [0, 0.05) is 29.9 Å². The first-order chi connectivity index (χ1) is 14.7. The van der Waals surface area contributed by atoms with Crippen molar-refractivity contribution in [1.82, 2.24) is 20.5 Å². The van der Waals surface area contributed by atoms with Gasteiger partial charge in [-0.25, -0.2) is 0 Å². The molecule has 0 aliphatic heterocycles. The van der Waals surface area contributed by atoms with Crippen molar-refractivity contribution in [3.8, 4) is 0 Å². The third-order valence-corrected chi connectivity index (χ3v) is 4.77. The molecule has 4 aromatic rings. The summed E-state index contributed by atoms with van der Waals surface area (Å²) in [5.41, 5.74) is 5.10. The molecule has 0 spiro atoms. The highest BCUT2D eigenvalue weighted by Crippen LogP contribution is 2.24. The molecule has 0 bridgehead atoms. The number of azo groups is 1. The molecule has 7 nitrogen and oxygen atoms in total. The van der Waals surface area contributed by atoms with Crippen LogP contribution in [0.3, 0.4) is 0 Å². The van der Waals surface area contributed by atoms with Crippen molar-refractivity contribution in [2.24, 2.45) is 10.2 Å². The Kier molecular flexibility index (Phi) is 5.80. The molecular formula is C23H22N6O. The van der Waals surface area contributed by atoms with Crippen molar-refractivity contribution in [3.05, 3.63) is 95.5 Å².